The predicted octanol–water partition coefficient (Wildman–Crippen LogP) is 4.48. The Balaban J connectivity index is 1.29. The lowest BCUT2D eigenvalue weighted by atomic mass is 10.0. The van der Waals surface area contributed by atoms with Gasteiger partial charge in [-0.2, -0.15) is 4.98 Å². The maximum Gasteiger partial charge on any atom is 0.226 e. The standard InChI is InChI=1S/C22H23FN4O/c23-18-6-8-20(9-7-18)28-21-10-13-24-22(26-21)25-19-11-14-27(15-12-19)16-17-4-2-1-3-5-17/h1-10,13,19H,11-12,14-16H2,(H,24,25,26). The minimum atomic E-state index is -0.295. The van der Waals surface area contributed by atoms with Gasteiger partial charge in [0, 0.05) is 37.9 Å². The van der Waals surface area contributed by atoms with Gasteiger partial charge < -0.3 is 10.1 Å². The summed E-state index contributed by atoms with van der Waals surface area (Å²) in [5, 5.41) is 3.41. The number of hydrogen-bond acceptors (Lipinski definition) is 5. The van der Waals surface area contributed by atoms with Gasteiger partial charge in [0.2, 0.25) is 11.8 Å². The molecule has 144 valence electrons. The number of piperidine rings is 1. The number of ether oxygens (including phenoxy) is 1. The van der Waals surface area contributed by atoms with E-state index >= 15 is 0 Å². The van der Waals surface area contributed by atoms with Gasteiger partial charge in [-0.15, -0.1) is 0 Å². The van der Waals surface area contributed by atoms with Crippen molar-refractivity contribution in [1.29, 1.82) is 0 Å². The number of benzene rings is 2. The molecule has 1 aliphatic heterocycles. The quantitative estimate of drug-likeness (QED) is 0.685. The lowest BCUT2D eigenvalue weighted by molar-refractivity contribution is 0.211. The van der Waals surface area contributed by atoms with Gasteiger partial charge in [-0.05, 0) is 42.7 Å². The van der Waals surface area contributed by atoms with Gasteiger partial charge in [0.1, 0.15) is 11.6 Å². The van der Waals surface area contributed by atoms with Crippen LogP contribution in [-0.4, -0.2) is 34.0 Å². The lowest BCUT2D eigenvalue weighted by Crippen LogP contribution is -2.38. The molecular weight excluding hydrogens is 355 g/mol. The topological polar surface area (TPSA) is 50.3 Å². The molecule has 0 bridgehead atoms. The molecule has 28 heavy (non-hydrogen) atoms. The molecule has 1 aliphatic rings. The van der Waals surface area contributed by atoms with E-state index in [-0.39, 0.29) is 5.82 Å². The molecule has 0 spiro atoms. The van der Waals surface area contributed by atoms with E-state index in [1.807, 2.05) is 6.07 Å². The molecule has 2 aromatic carbocycles. The van der Waals surface area contributed by atoms with E-state index in [1.54, 1.807) is 24.4 Å². The summed E-state index contributed by atoms with van der Waals surface area (Å²) in [6, 6.07) is 18.5. The Morgan fingerprint density at radius 1 is 1.00 bits per heavy atom. The van der Waals surface area contributed by atoms with Crippen LogP contribution in [0.5, 0.6) is 11.6 Å². The summed E-state index contributed by atoms with van der Waals surface area (Å²) < 4.78 is 18.7. The highest BCUT2D eigenvalue weighted by Crippen LogP contribution is 2.21. The van der Waals surface area contributed by atoms with Gasteiger partial charge in [-0.1, -0.05) is 30.3 Å². The van der Waals surface area contributed by atoms with Crippen LogP contribution in [0.3, 0.4) is 0 Å². The molecule has 0 amide bonds. The fourth-order valence-electron chi connectivity index (χ4n) is 3.35. The normalized spacial score (nSPS) is 15.3. The summed E-state index contributed by atoms with van der Waals surface area (Å²) in [7, 11) is 0. The van der Waals surface area contributed by atoms with Gasteiger partial charge in [0.15, 0.2) is 0 Å². The van der Waals surface area contributed by atoms with E-state index in [0.717, 1.165) is 32.5 Å². The van der Waals surface area contributed by atoms with Crippen LogP contribution in [-0.2, 0) is 6.54 Å². The van der Waals surface area contributed by atoms with Gasteiger partial charge in [-0.25, -0.2) is 9.37 Å². The van der Waals surface area contributed by atoms with Gasteiger partial charge in [0.25, 0.3) is 0 Å². The monoisotopic (exact) mass is 378 g/mol. The Morgan fingerprint density at radius 3 is 2.50 bits per heavy atom. The first kappa shape index (κ1) is 18.4. The zero-order chi connectivity index (χ0) is 19.2. The van der Waals surface area contributed by atoms with Crippen LogP contribution in [0, 0.1) is 5.82 Å². The smallest absolute Gasteiger partial charge is 0.226 e. The molecule has 0 unspecified atom stereocenters. The largest absolute Gasteiger partial charge is 0.439 e. The van der Waals surface area contributed by atoms with Crippen LogP contribution in [0.1, 0.15) is 18.4 Å². The molecule has 0 aliphatic carbocycles. The Kier molecular flexibility index (Phi) is 5.77. The minimum Gasteiger partial charge on any atom is -0.439 e. The molecule has 0 radical (unpaired) electrons. The van der Waals surface area contributed by atoms with Crippen molar-refractivity contribution in [1.82, 2.24) is 14.9 Å². The molecule has 3 aromatic rings. The molecule has 6 heteroatoms. The van der Waals surface area contributed by atoms with Crippen molar-refractivity contribution in [3.05, 3.63) is 78.2 Å². The SMILES string of the molecule is Fc1ccc(Oc2ccnc(NC3CCN(Cc4ccccc4)CC3)n2)cc1. The van der Waals surface area contributed by atoms with E-state index in [4.69, 9.17) is 4.74 Å². The van der Waals surface area contributed by atoms with Crippen molar-refractivity contribution < 1.29 is 9.13 Å². The number of nitrogens with zero attached hydrogens (tertiary/aromatic N) is 3. The van der Waals surface area contributed by atoms with Gasteiger partial charge in [-0.3, -0.25) is 4.90 Å². The zero-order valence-corrected chi connectivity index (χ0v) is 15.6. The highest BCUT2D eigenvalue weighted by atomic mass is 19.1. The molecule has 1 fully saturated rings. The van der Waals surface area contributed by atoms with Crippen LogP contribution in [0.2, 0.25) is 0 Å². The van der Waals surface area contributed by atoms with Crippen LogP contribution in [0.25, 0.3) is 0 Å². The van der Waals surface area contributed by atoms with Gasteiger partial charge >= 0.3 is 0 Å². The molecule has 4 rings (SSSR count). The first-order valence-electron chi connectivity index (χ1n) is 9.54. The second-order valence-corrected chi connectivity index (χ2v) is 6.95. The van der Waals surface area contributed by atoms with Crippen molar-refractivity contribution in [2.24, 2.45) is 0 Å². The molecule has 1 N–H and O–H groups in total. The highest BCUT2D eigenvalue weighted by molar-refractivity contribution is 5.32. The predicted molar refractivity (Wildman–Crippen MR) is 107 cm³/mol. The zero-order valence-electron chi connectivity index (χ0n) is 15.6. The number of likely N-dealkylation sites (tertiary alicyclic amines) is 1. The maximum atomic E-state index is 13.0. The average Bonchev–Trinajstić information content (AvgIpc) is 2.72. The van der Waals surface area contributed by atoms with Crippen molar-refractivity contribution in [2.75, 3.05) is 18.4 Å². The summed E-state index contributed by atoms with van der Waals surface area (Å²) in [5.41, 5.74) is 1.35. The number of halogens is 1. The molecule has 1 saturated heterocycles. The third kappa shape index (κ3) is 5.04. The van der Waals surface area contributed by atoms with E-state index in [1.165, 1.54) is 17.7 Å². The molecule has 5 nitrogen and oxygen atoms in total. The second-order valence-electron chi connectivity index (χ2n) is 6.95. The Bertz CT molecular complexity index is 881. The van der Waals surface area contributed by atoms with Crippen LogP contribution < -0.4 is 10.1 Å². The van der Waals surface area contributed by atoms with Crippen molar-refractivity contribution >= 4 is 5.95 Å². The second kappa shape index (κ2) is 8.80. The number of anilines is 1. The number of nitrogens with one attached hydrogen (secondary N) is 1. The van der Waals surface area contributed by atoms with Crippen LogP contribution in [0.15, 0.2) is 66.9 Å². The fourth-order valence-corrected chi connectivity index (χ4v) is 3.35. The fraction of sp³-hybridized carbons (Fsp3) is 0.273. The lowest BCUT2D eigenvalue weighted by Gasteiger charge is -2.32. The molecule has 0 saturated carbocycles. The van der Waals surface area contributed by atoms with Crippen molar-refractivity contribution in [3.63, 3.8) is 0 Å². The van der Waals surface area contributed by atoms with E-state index in [9.17, 15) is 4.39 Å². The number of aromatic nitrogens is 2. The third-order valence-electron chi connectivity index (χ3n) is 4.84. The molecule has 1 aromatic heterocycles. The highest BCUT2D eigenvalue weighted by Gasteiger charge is 2.20. The van der Waals surface area contributed by atoms with Crippen LogP contribution >= 0.6 is 0 Å². The first-order valence-corrected chi connectivity index (χ1v) is 9.54. The number of rotatable bonds is 6. The van der Waals surface area contributed by atoms with E-state index < -0.39 is 0 Å². The summed E-state index contributed by atoms with van der Waals surface area (Å²) in [4.78, 5) is 11.2. The van der Waals surface area contributed by atoms with Crippen molar-refractivity contribution in [3.8, 4) is 11.6 Å². The molecule has 0 atom stereocenters. The summed E-state index contributed by atoms with van der Waals surface area (Å²) in [5.74, 6) is 1.24. The summed E-state index contributed by atoms with van der Waals surface area (Å²) >= 11 is 0. The first-order chi connectivity index (χ1) is 13.7. The average molecular weight is 378 g/mol. The van der Waals surface area contributed by atoms with E-state index in [0.29, 0.717) is 23.6 Å². The molecule has 2 heterocycles. The van der Waals surface area contributed by atoms with Crippen LogP contribution in [0.4, 0.5) is 10.3 Å². The Morgan fingerprint density at radius 2 is 1.75 bits per heavy atom. The minimum absolute atomic E-state index is 0.295. The summed E-state index contributed by atoms with van der Waals surface area (Å²) in [6.07, 6.45) is 3.75. The van der Waals surface area contributed by atoms with E-state index in [2.05, 4.69) is 44.5 Å². The number of hydrogen-bond donors (Lipinski definition) is 1. The Labute approximate surface area is 164 Å². The molecular formula is C22H23FN4O. The van der Waals surface area contributed by atoms with Crippen molar-refractivity contribution in [2.45, 2.75) is 25.4 Å². The summed E-state index contributed by atoms with van der Waals surface area (Å²) in [6.45, 7) is 3.07. The third-order valence-corrected chi connectivity index (χ3v) is 4.84. The maximum absolute atomic E-state index is 13.0. The van der Waals surface area contributed by atoms with Gasteiger partial charge in [0.05, 0.1) is 0 Å². The Hall–Kier alpha value is -2.99.